The number of nitrogens with two attached hydrogens (primary N) is 1. The number of nitrogens with one attached hydrogen (secondary N) is 1. The van der Waals surface area contributed by atoms with Crippen LogP contribution in [0.1, 0.15) is 58.2 Å². The van der Waals surface area contributed by atoms with Gasteiger partial charge in [0.15, 0.2) is 0 Å². The van der Waals surface area contributed by atoms with Crippen molar-refractivity contribution >= 4 is 11.6 Å². The van der Waals surface area contributed by atoms with Crippen LogP contribution in [0, 0.1) is 5.41 Å². The molecule has 2 rings (SSSR count). The molecule has 4 heteroatoms. The third-order valence-electron chi connectivity index (χ3n) is 4.09. The highest BCUT2D eigenvalue weighted by molar-refractivity contribution is 5.45. The quantitative estimate of drug-likeness (QED) is 0.840. The van der Waals surface area contributed by atoms with E-state index in [9.17, 15) is 0 Å². The molecule has 4 nitrogen and oxygen atoms in total. The molecule has 0 spiro atoms. The molecule has 0 amide bonds. The van der Waals surface area contributed by atoms with E-state index in [-0.39, 0.29) is 0 Å². The highest BCUT2D eigenvalue weighted by Gasteiger charge is 2.34. The first-order valence-corrected chi connectivity index (χ1v) is 6.93. The summed E-state index contributed by atoms with van der Waals surface area (Å²) in [4.78, 5) is 8.79. The first kappa shape index (κ1) is 13.1. The molecule has 0 aliphatic heterocycles. The summed E-state index contributed by atoms with van der Waals surface area (Å²) in [5.74, 6) is 2.54. The second-order valence-corrected chi connectivity index (χ2v) is 5.75. The topological polar surface area (TPSA) is 63.8 Å². The minimum atomic E-state index is 0.304. The fraction of sp³-hybridized carbons (Fsp3) is 0.714. The SMILES string of the molecule is CCC1(CNc2cc(N)nc(C(C)C)n2)CCC1. The Kier molecular flexibility index (Phi) is 3.73. The van der Waals surface area contributed by atoms with Crippen LogP contribution in [0.3, 0.4) is 0 Å². The van der Waals surface area contributed by atoms with Crippen molar-refractivity contribution in [1.82, 2.24) is 9.97 Å². The summed E-state index contributed by atoms with van der Waals surface area (Å²) in [5.41, 5.74) is 6.31. The van der Waals surface area contributed by atoms with Crippen LogP contribution in [0.15, 0.2) is 6.07 Å². The van der Waals surface area contributed by atoms with E-state index in [0.29, 0.717) is 17.2 Å². The molecule has 1 aromatic rings. The molecule has 0 radical (unpaired) electrons. The van der Waals surface area contributed by atoms with Crippen LogP contribution in [-0.2, 0) is 0 Å². The molecule has 1 aliphatic carbocycles. The Hall–Kier alpha value is -1.32. The van der Waals surface area contributed by atoms with Crippen molar-refractivity contribution in [1.29, 1.82) is 0 Å². The molecular formula is C14H24N4. The lowest BCUT2D eigenvalue weighted by atomic mass is 9.67. The van der Waals surface area contributed by atoms with E-state index >= 15 is 0 Å². The van der Waals surface area contributed by atoms with Crippen LogP contribution < -0.4 is 11.1 Å². The predicted molar refractivity (Wildman–Crippen MR) is 75.6 cm³/mol. The van der Waals surface area contributed by atoms with Gasteiger partial charge in [0.2, 0.25) is 0 Å². The maximum Gasteiger partial charge on any atom is 0.135 e. The van der Waals surface area contributed by atoms with Crippen LogP contribution in [0.2, 0.25) is 0 Å². The lowest BCUT2D eigenvalue weighted by Gasteiger charge is -2.41. The third-order valence-corrected chi connectivity index (χ3v) is 4.09. The number of aromatic nitrogens is 2. The van der Waals surface area contributed by atoms with Gasteiger partial charge in [0.25, 0.3) is 0 Å². The van der Waals surface area contributed by atoms with Crippen molar-refractivity contribution in [2.24, 2.45) is 5.41 Å². The summed E-state index contributed by atoms with van der Waals surface area (Å²) in [6.07, 6.45) is 5.25. The van der Waals surface area contributed by atoms with Gasteiger partial charge in [0, 0.05) is 18.5 Å². The van der Waals surface area contributed by atoms with Crippen LogP contribution in [-0.4, -0.2) is 16.5 Å². The zero-order valence-electron chi connectivity index (χ0n) is 11.7. The monoisotopic (exact) mass is 248 g/mol. The molecule has 1 saturated carbocycles. The standard InChI is InChI=1S/C14H24N4/c1-4-14(6-5-7-14)9-16-12-8-11(15)17-13(18-12)10(2)3/h8,10H,4-7,9H2,1-3H3,(H3,15,16,17,18). The Balaban J connectivity index is 2.05. The van der Waals surface area contributed by atoms with Crippen molar-refractivity contribution in [2.75, 3.05) is 17.6 Å². The highest BCUT2D eigenvalue weighted by atomic mass is 15.1. The fourth-order valence-corrected chi connectivity index (χ4v) is 2.44. The minimum absolute atomic E-state index is 0.304. The predicted octanol–water partition coefficient (Wildman–Crippen LogP) is 3.17. The zero-order valence-corrected chi connectivity index (χ0v) is 11.7. The Morgan fingerprint density at radius 1 is 1.39 bits per heavy atom. The van der Waals surface area contributed by atoms with Gasteiger partial charge in [-0.2, -0.15) is 0 Å². The molecule has 1 aliphatic rings. The van der Waals surface area contributed by atoms with Gasteiger partial charge in [-0.25, -0.2) is 9.97 Å². The van der Waals surface area contributed by atoms with Gasteiger partial charge in [0.1, 0.15) is 17.5 Å². The van der Waals surface area contributed by atoms with Crippen LogP contribution in [0.4, 0.5) is 11.6 Å². The van der Waals surface area contributed by atoms with Crippen molar-refractivity contribution in [2.45, 2.75) is 52.4 Å². The van der Waals surface area contributed by atoms with Crippen LogP contribution in [0.5, 0.6) is 0 Å². The Morgan fingerprint density at radius 3 is 2.61 bits per heavy atom. The summed E-state index contributed by atoms with van der Waals surface area (Å²) in [6, 6.07) is 1.83. The number of hydrogen-bond acceptors (Lipinski definition) is 4. The van der Waals surface area contributed by atoms with Gasteiger partial charge >= 0.3 is 0 Å². The first-order valence-electron chi connectivity index (χ1n) is 6.93. The highest BCUT2D eigenvalue weighted by Crippen LogP contribution is 2.43. The molecule has 0 unspecified atom stereocenters. The molecule has 100 valence electrons. The third kappa shape index (κ3) is 2.74. The summed E-state index contributed by atoms with van der Waals surface area (Å²) in [6.45, 7) is 7.43. The van der Waals surface area contributed by atoms with Gasteiger partial charge < -0.3 is 11.1 Å². The van der Waals surface area contributed by atoms with Gasteiger partial charge in [-0.15, -0.1) is 0 Å². The van der Waals surface area contributed by atoms with E-state index in [4.69, 9.17) is 5.73 Å². The lowest BCUT2D eigenvalue weighted by Crippen LogP contribution is -2.36. The van der Waals surface area contributed by atoms with E-state index in [0.717, 1.165) is 18.2 Å². The average Bonchev–Trinajstić information content (AvgIpc) is 2.27. The van der Waals surface area contributed by atoms with Crippen molar-refractivity contribution in [3.63, 3.8) is 0 Å². The van der Waals surface area contributed by atoms with Gasteiger partial charge in [-0.3, -0.25) is 0 Å². The molecule has 18 heavy (non-hydrogen) atoms. The second kappa shape index (κ2) is 5.12. The smallest absolute Gasteiger partial charge is 0.135 e. The second-order valence-electron chi connectivity index (χ2n) is 5.75. The summed E-state index contributed by atoms with van der Waals surface area (Å²) in [5, 5.41) is 3.44. The van der Waals surface area contributed by atoms with Gasteiger partial charge in [0.05, 0.1) is 0 Å². The molecule has 1 heterocycles. The molecule has 1 fully saturated rings. The molecular weight excluding hydrogens is 224 g/mol. The average molecular weight is 248 g/mol. The van der Waals surface area contributed by atoms with Gasteiger partial charge in [-0.1, -0.05) is 27.2 Å². The Bertz CT molecular complexity index is 405. The lowest BCUT2D eigenvalue weighted by molar-refractivity contribution is 0.145. The largest absolute Gasteiger partial charge is 0.384 e. The molecule has 0 saturated heterocycles. The van der Waals surface area contributed by atoms with Crippen molar-refractivity contribution in [3.05, 3.63) is 11.9 Å². The number of anilines is 2. The molecule has 0 bridgehead atoms. The van der Waals surface area contributed by atoms with Crippen molar-refractivity contribution < 1.29 is 0 Å². The van der Waals surface area contributed by atoms with Gasteiger partial charge in [-0.05, 0) is 24.7 Å². The molecule has 0 atom stereocenters. The maximum absolute atomic E-state index is 5.82. The molecule has 3 N–H and O–H groups in total. The van der Waals surface area contributed by atoms with Crippen molar-refractivity contribution in [3.8, 4) is 0 Å². The summed E-state index contributed by atoms with van der Waals surface area (Å²) < 4.78 is 0. The Labute approximate surface area is 109 Å². The van der Waals surface area contributed by atoms with Crippen LogP contribution >= 0.6 is 0 Å². The van der Waals surface area contributed by atoms with E-state index in [1.807, 2.05) is 6.07 Å². The normalized spacial score (nSPS) is 17.6. The number of nitrogens with zero attached hydrogens (tertiary/aromatic N) is 2. The van der Waals surface area contributed by atoms with E-state index in [2.05, 4.69) is 36.1 Å². The number of nitrogen functional groups attached to an aromatic ring is 1. The molecule has 1 aromatic heterocycles. The Morgan fingerprint density at radius 2 is 2.11 bits per heavy atom. The molecule has 0 aromatic carbocycles. The van der Waals surface area contributed by atoms with Crippen LogP contribution in [0.25, 0.3) is 0 Å². The summed E-state index contributed by atoms with van der Waals surface area (Å²) >= 11 is 0. The van der Waals surface area contributed by atoms with E-state index in [1.165, 1.54) is 25.7 Å². The maximum atomic E-state index is 5.82. The van der Waals surface area contributed by atoms with E-state index < -0.39 is 0 Å². The summed E-state index contributed by atoms with van der Waals surface area (Å²) in [7, 11) is 0. The first-order chi connectivity index (χ1) is 8.54. The minimum Gasteiger partial charge on any atom is -0.384 e. The fourth-order valence-electron chi connectivity index (χ4n) is 2.44. The number of rotatable bonds is 5. The van der Waals surface area contributed by atoms with E-state index in [1.54, 1.807) is 0 Å². The zero-order chi connectivity index (χ0) is 13.2. The number of hydrogen-bond donors (Lipinski definition) is 2.